The van der Waals surface area contributed by atoms with Crippen molar-refractivity contribution in [3.05, 3.63) is 34.3 Å². The van der Waals surface area contributed by atoms with Crippen molar-refractivity contribution in [3.63, 3.8) is 0 Å². The number of halogens is 2. The van der Waals surface area contributed by atoms with Crippen LogP contribution in [-0.2, 0) is 11.8 Å². The predicted molar refractivity (Wildman–Crippen MR) is 134 cm³/mol. The molecule has 1 aliphatic rings. The van der Waals surface area contributed by atoms with Crippen LogP contribution >= 0.6 is 51.0 Å². The van der Waals surface area contributed by atoms with Crippen molar-refractivity contribution >= 4 is 62.3 Å². The van der Waals surface area contributed by atoms with Crippen molar-refractivity contribution in [1.82, 2.24) is 33.9 Å². The van der Waals surface area contributed by atoms with Crippen LogP contribution in [0.4, 0.5) is 5.82 Å². The lowest BCUT2D eigenvalue weighted by Gasteiger charge is -2.34. The highest BCUT2D eigenvalue weighted by Crippen LogP contribution is 2.36. The lowest BCUT2D eigenvalue weighted by Crippen LogP contribution is -2.44. The summed E-state index contributed by atoms with van der Waals surface area (Å²) in [6.07, 6.45) is 4.11. The van der Waals surface area contributed by atoms with E-state index in [1.807, 2.05) is 45.2 Å². The van der Waals surface area contributed by atoms with Gasteiger partial charge >= 0.3 is 0 Å². The molecule has 5 heterocycles. The Morgan fingerprint density at radius 2 is 2.00 bits per heavy atom. The van der Waals surface area contributed by atoms with Gasteiger partial charge in [0.2, 0.25) is 0 Å². The Bertz CT molecular complexity index is 1220. The molecular weight excluding hydrogens is 629 g/mol. The van der Waals surface area contributed by atoms with E-state index in [4.69, 9.17) is 14.8 Å². The van der Waals surface area contributed by atoms with Crippen molar-refractivity contribution in [2.45, 2.75) is 13.0 Å². The van der Waals surface area contributed by atoms with E-state index in [0.29, 0.717) is 19.6 Å². The van der Waals surface area contributed by atoms with Gasteiger partial charge in [-0.1, -0.05) is 0 Å². The fourth-order valence-electron chi connectivity index (χ4n) is 3.78. The van der Waals surface area contributed by atoms with Gasteiger partial charge in [0, 0.05) is 25.4 Å². The summed E-state index contributed by atoms with van der Waals surface area (Å²) < 4.78 is 12.4. The summed E-state index contributed by atoms with van der Waals surface area (Å²) in [6, 6.07) is 6.42. The second-order valence-electron chi connectivity index (χ2n) is 7.07. The van der Waals surface area contributed by atoms with E-state index in [2.05, 4.69) is 72.7 Å². The third-order valence-corrected chi connectivity index (χ3v) is 7.89. The van der Waals surface area contributed by atoms with Gasteiger partial charge in [0.05, 0.1) is 37.5 Å². The number of fused-ring (bicyclic) bond motifs is 1. The quantitative estimate of drug-likeness (QED) is 0.249. The molecule has 30 heavy (non-hydrogen) atoms. The van der Waals surface area contributed by atoms with Gasteiger partial charge < -0.3 is 9.64 Å². The second kappa shape index (κ2) is 8.32. The Morgan fingerprint density at radius 3 is 2.73 bits per heavy atom. The first-order valence-electron chi connectivity index (χ1n) is 9.41. The molecule has 0 spiro atoms. The molecule has 0 aliphatic carbocycles. The van der Waals surface area contributed by atoms with Gasteiger partial charge in [0.1, 0.15) is 14.9 Å². The number of aryl methyl sites for hydroxylation is 1. The Labute approximate surface area is 201 Å². The smallest absolute Gasteiger partial charge is 0.181 e. The molecule has 0 bridgehead atoms. The summed E-state index contributed by atoms with van der Waals surface area (Å²) in [7, 11) is 1.96. The van der Waals surface area contributed by atoms with Crippen LogP contribution in [-0.4, -0.2) is 59.7 Å². The number of anilines is 1. The van der Waals surface area contributed by atoms with Crippen molar-refractivity contribution in [3.8, 4) is 22.8 Å². The van der Waals surface area contributed by atoms with Gasteiger partial charge in [-0.2, -0.15) is 10.2 Å². The normalized spacial score (nSPS) is 17.6. The molecule has 9 nitrogen and oxygen atoms in total. The van der Waals surface area contributed by atoms with Crippen LogP contribution < -0.4 is 4.90 Å². The van der Waals surface area contributed by atoms with E-state index in [1.54, 1.807) is 0 Å². The molecule has 1 saturated heterocycles. The number of nitrogens with zero attached hydrogens (tertiary/aromatic N) is 8. The number of ether oxygens (including phenoxy) is 1. The summed E-state index contributed by atoms with van der Waals surface area (Å²) in [4.78, 5) is 7.20. The maximum Gasteiger partial charge on any atom is 0.181 e. The van der Waals surface area contributed by atoms with Crippen LogP contribution in [0.25, 0.3) is 28.3 Å². The molecule has 2 atom stereocenters. The zero-order valence-corrected chi connectivity index (χ0v) is 21.6. The zero-order chi connectivity index (χ0) is 20.8. The predicted octanol–water partition coefficient (Wildman–Crippen LogP) is 3.61. The van der Waals surface area contributed by atoms with Crippen LogP contribution in [0, 0.1) is 3.70 Å². The molecule has 4 aromatic rings. The first kappa shape index (κ1) is 20.6. The van der Waals surface area contributed by atoms with Gasteiger partial charge in [-0.15, -0.1) is 5.10 Å². The van der Waals surface area contributed by atoms with Crippen molar-refractivity contribution in [2.75, 3.05) is 24.7 Å². The SMILES string of the molecule is C[C@@H]1COCCN1c1cc(-c2ccnn2C)c2c(I)nc(-c3ccnn3PI)n2n1. The number of hydrogen-bond donors (Lipinski definition) is 0. The molecule has 1 aliphatic heterocycles. The molecule has 0 saturated carbocycles. The average molecular weight is 648 g/mol. The highest BCUT2D eigenvalue weighted by molar-refractivity contribution is 14.2. The summed E-state index contributed by atoms with van der Waals surface area (Å²) in [5, 5.41) is 13.9. The van der Waals surface area contributed by atoms with Crippen molar-refractivity contribution in [2.24, 2.45) is 7.05 Å². The first-order valence-corrected chi connectivity index (χ1v) is 14.6. The van der Waals surface area contributed by atoms with Gasteiger partial charge in [0.25, 0.3) is 0 Å². The third-order valence-electron chi connectivity index (χ3n) is 5.25. The fraction of sp³-hybridized carbons (Fsp3) is 0.333. The van der Waals surface area contributed by atoms with Crippen LogP contribution in [0.5, 0.6) is 0 Å². The maximum absolute atomic E-state index is 5.64. The molecule has 4 aromatic heterocycles. The molecule has 1 unspecified atom stereocenters. The van der Waals surface area contributed by atoms with Crippen LogP contribution in [0.1, 0.15) is 6.92 Å². The highest BCUT2D eigenvalue weighted by Gasteiger charge is 2.26. The lowest BCUT2D eigenvalue weighted by atomic mass is 10.1. The molecular formula is C18H19I2N8OP. The molecule has 5 rings (SSSR count). The topological polar surface area (TPSA) is 78.3 Å². The molecule has 0 radical (unpaired) electrons. The van der Waals surface area contributed by atoms with E-state index in [0.717, 1.165) is 44.4 Å². The van der Waals surface area contributed by atoms with Gasteiger partial charge in [-0.05, 0) is 69.8 Å². The van der Waals surface area contributed by atoms with Crippen LogP contribution in [0.2, 0.25) is 0 Å². The van der Waals surface area contributed by atoms with E-state index in [-0.39, 0.29) is 6.04 Å². The molecule has 0 aromatic carbocycles. The number of rotatable bonds is 4. The number of morpholine rings is 1. The lowest BCUT2D eigenvalue weighted by molar-refractivity contribution is 0.0984. The second-order valence-corrected chi connectivity index (χ2v) is 10.1. The first-order chi connectivity index (χ1) is 14.6. The van der Waals surface area contributed by atoms with Crippen molar-refractivity contribution < 1.29 is 4.74 Å². The Kier molecular flexibility index (Phi) is 5.71. The Hall–Kier alpha value is -1.31. The average Bonchev–Trinajstić information content (AvgIpc) is 3.46. The van der Waals surface area contributed by atoms with Crippen LogP contribution in [0.15, 0.2) is 30.6 Å². The van der Waals surface area contributed by atoms with E-state index >= 15 is 0 Å². The number of aromatic nitrogens is 7. The van der Waals surface area contributed by atoms with Gasteiger partial charge in [0.15, 0.2) is 11.6 Å². The largest absolute Gasteiger partial charge is 0.377 e. The number of hydrogen-bond acceptors (Lipinski definition) is 6. The third kappa shape index (κ3) is 3.43. The highest BCUT2D eigenvalue weighted by atomic mass is 127. The van der Waals surface area contributed by atoms with E-state index < -0.39 is 0 Å². The minimum Gasteiger partial charge on any atom is -0.377 e. The molecule has 0 N–H and O–H groups in total. The zero-order valence-electron chi connectivity index (χ0n) is 16.3. The standard InChI is InChI=1S/C18H19I2N8OP/c1-11-10-29-8-7-26(11)15-9-12(13-3-5-21-25(13)2)16-17(19)23-18(27(16)24-15)14-4-6-22-28(14)30-20/h3-6,9,11,30H,7-8,10H2,1-2H3/t11-/m1/s1. The van der Waals surface area contributed by atoms with Gasteiger partial charge in [-0.3, -0.25) is 4.68 Å². The molecule has 12 heteroatoms. The van der Waals surface area contributed by atoms with Crippen LogP contribution in [0.3, 0.4) is 0 Å². The fourth-order valence-corrected chi connectivity index (χ4v) is 6.06. The van der Waals surface area contributed by atoms with Crippen molar-refractivity contribution in [1.29, 1.82) is 0 Å². The maximum atomic E-state index is 5.64. The Balaban J connectivity index is 1.80. The monoisotopic (exact) mass is 648 g/mol. The number of imidazole rings is 1. The summed E-state index contributed by atoms with van der Waals surface area (Å²) in [5.41, 5.74) is 4.02. The molecule has 156 valence electrons. The van der Waals surface area contributed by atoms with Gasteiger partial charge in [-0.25, -0.2) is 14.0 Å². The summed E-state index contributed by atoms with van der Waals surface area (Å²) >= 11 is 4.63. The Morgan fingerprint density at radius 1 is 1.20 bits per heavy atom. The molecule has 0 amide bonds. The van der Waals surface area contributed by atoms with E-state index in [9.17, 15) is 0 Å². The molecule has 1 fully saturated rings. The minimum atomic E-state index is 0.246. The van der Waals surface area contributed by atoms with E-state index in [1.165, 1.54) is 0 Å². The summed E-state index contributed by atoms with van der Waals surface area (Å²) in [6.45, 7) is 4.36. The summed E-state index contributed by atoms with van der Waals surface area (Å²) in [5.74, 6) is 1.70. The minimum absolute atomic E-state index is 0.246.